The summed E-state index contributed by atoms with van der Waals surface area (Å²) in [6, 6.07) is 0. The highest BCUT2D eigenvalue weighted by atomic mass is 16.5. The van der Waals surface area contributed by atoms with Gasteiger partial charge in [0.15, 0.2) is 0 Å². The summed E-state index contributed by atoms with van der Waals surface area (Å²) < 4.78 is 11.7. The van der Waals surface area contributed by atoms with Crippen LogP contribution in [-0.4, -0.2) is 36.5 Å². The lowest BCUT2D eigenvalue weighted by Crippen LogP contribution is -2.39. The molecule has 4 heteroatoms. The van der Waals surface area contributed by atoms with E-state index >= 15 is 0 Å². The molecule has 0 aromatic rings. The number of carbonyl (C=O) groups is 1. The van der Waals surface area contributed by atoms with E-state index in [0.717, 1.165) is 51.6 Å². The van der Waals surface area contributed by atoms with Gasteiger partial charge in [-0.15, -0.1) is 0 Å². The van der Waals surface area contributed by atoms with Gasteiger partial charge in [0, 0.05) is 6.61 Å². The zero-order valence-corrected chi connectivity index (χ0v) is 11.8. The van der Waals surface area contributed by atoms with Crippen molar-refractivity contribution in [3.05, 3.63) is 0 Å². The molecule has 1 heterocycles. The van der Waals surface area contributed by atoms with Crippen LogP contribution in [0.2, 0.25) is 0 Å². The maximum Gasteiger partial charge on any atom is 0.306 e. The summed E-state index contributed by atoms with van der Waals surface area (Å²) in [7, 11) is 0. The molecule has 4 atom stereocenters. The minimum absolute atomic E-state index is 0.168. The lowest BCUT2D eigenvalue weighted by atomic mass is 9.77. The quantitative estimate of drug-likeness (QED) is 0.834. The number of carboxylic acid groups (broad SMARTS) is 1. The van der Waals surface area contributed by atoms with Crippen LogP contribution >= 0.6 is 0 Å². The standard InChI is InChI=1S/C15H26O4/c1-2-4-11-9-12(15(16)17)6-7-14(11)19-13-5-3-8-18-10-13/h11-14H,2-10H2,1H3,(H,16,17)/t11?,12?,13?,14-/m1/s1. The Morgan fingerprint density at radius 3 is 2.84 bits per heavy atom. The van der Waals surface area contributed by atoms with Gasteiger partial charge in [0.05, 0.1) is 24.7 Å². The van der Waals surface area contributed by atoms with Crippen molar-refractivity contribution in [2.75, 3.05) is 13.2 Å². The molecule has 19 heavy (non-hydrogen) atoms. The highest BCUT2D eigenvalue weighted by Crippen LogP contribution is 2.35. The molecule has 1 aliphatic carbocycles. The number of aliphatic carboxylic acids is 1. The van der Waals surface area contributed by atoms with Crippen molar-refractivity contribution in [2.45, 2.75) is 64.1 Å². The van der Waals surface area contributed by atoms with Crippen LogP contribution in [0.5, 0.6) is 0 Å². The summed E-state index contributed by atoms with van der Waals surface area (Å²) in [4.78, 5) is 11.1. The molecule has 0 aromatic carbocycles. The minimum atomic E-state index is -0.638. The third-order valence-electron chi connectivity index (χ3n) is 4.41. The molecule has 1 aliphatic heterocycles. The number of carboxylic acids is 1. The Kier molecular flexibility index (Phi) is 5.64. The van der Waals surface area contributed by atoms with E-state index in [0.29, 0.717) is 12.5 Å². The van der Waals surface area contributed by atoms with Crippen molar-refractivity contribution in [3.8, 4) is 0 Å². The van der Waals surface area contributed by atoms with E-state index in [9.17, 15) is 9.90 Å². The zero-order chi connectivity index (χ0) is 13.7. The van der Waals surface area contributed by atoms with Crippen molar-refractivity contribution < 1.29 is 19.4 Å². The fourth-order valence-electron chi connectivity index (χ4n) is 3.38. The van der Waals surface area contributed by atoms with Gasteiger partial charge in [-0.2, -0.15) is 0 Å². The molecular formula is C15H26O4. The molecule has 4 nitrogen and oxygen atoms in total. The number of hydrogen-bond donors (Lipinski definition) is 1. The maximum absolute atomic E-state index is 11.1. The molecule has 0 amide bonds. The van der Waals surface area contributed by atoms with Crippen molar-refractivity contribution in [1.29, 1.82) is 0 Å². The Balaban J connectivity index is 1.88. The number of ether oxygens (including phenoxy) is 2. The van der Waals surface area contributed by atoms with Gasteiger partial charge in [0.2, 0.25) is 0 Å². The lowest BCUT2D eigenvalue weighted by molar-refractivity contribution is -0.149. The van der Waals surface area contributed by atoms with E-state index in [2.05, 4.69) is 6.92 Å². The van der Waals surface area contributed by atoms with Crippen LogP contribution in [0.4, 0.5) is 0 Å². The average Bonchev–Trinajstić information content (AvgIpc) is 2.42. The van der Waals surface area contributed by atoms with Crippen molar-refractivity contribution in [1.82, 2.24) is 0 Å². The first-order chi connectivity index (χ1) is 9.20. The summed E-state index contributed by atoms with van der Waals surface area (Å²) in [5, 5.41) is 9.17. The van der Waals surface area contributed by atoms with Gasteiger partial charge >= 0.3 is 5.97 Å². The smallest absolute Gasteiger partial charge is 0.306 e. The predicted octanol–water partition coefficient (Wildman–Crippen LogP) is 2.85. The molecule has 0 radical (unpaired) electrons. The highest BCUT2D eigenvalue weighted by Gasteiger charge is 2.35. The van der Waals surface area contributed by atoms with E-state index in [1.807, 2.05) is 0 Å². The Morgan fingerprint density at radius 2 is 2.21 bits per heavy atom. The normalized spacial score (nSPS) is 36.1. The second kappa shape index (κ2) is 7.25. The van der Waals surface area contributed by atoms with E-state index < -0.39 is 5.97 Å². The molecule has 0 aromatic heterocycles. The van der Waals surface area contributed by atoms with Gasteiger partial charge in [-0.3, -0.25) is 4.79 Å². The third kappa shape index (κ3) is 4.18. The number of rotatable bonds is 5. The minimum Gasteiger partial charge on any atom is -0.481 e. The SMILES string of the molecule is CCCC1CC(C(=O)O)CC[C@H]1OC1CCCOC1. The summed E-state index contributed by atoms with van der Waals surface area (Å²) >= 11 is 0. The fraction of sp³-hybridized carbons (Fsp3) is 0.933. The largest absolute Gasteiger partial charge is 0.481 e. The summed E-state index contributed by atoms with van der Waals surface area (Å²) in [5.74, 6) is -0.402. The van der Waals surface area contributed by atoms with Crippen LogP contribution in [0.25, 0.3) is 0 Å². The molecular weight excluding hydrogens is 244 g/mol. The molecule has 110 valence electrons. The van der Waals surface area contributed by atoms with Crippen LogP contribution in [0.1, 0.15) is 51.9 Å². The summed E-state index contributed by atoms with van der Waals surface area (Å²) in [6.45, 7) is 3.72. The monoisotopic (exact) mass is 270 g/mol. The molecule has 2 fully saturated rings. The van der Waals surface area contributed by atoms with Gasteiger partial charge in [0.1, 0.15) is 0 Å². The molecule has 2 rings (SSSR count). The van der Waals surface area contributed by atoms with Crippen molar-refractivity contribution >= 4 is 5.97 Å². The van der Waals surface area contributed by atoms with Crippen LogP contribution in [0.3, 0.4) is 0 Å². The van der Waals surface area contributed by atoms with Gasteiger partial charge < -0.3 is 14.6 Å². The first kappa shape index (κ1) is 14.8. The van der Waals surface area contributed by atoms with E-state index in [-0.39, 0.29) is 18.1 Å². The van der Waals surface area contributed by atoms with E-state index in [1.165, 1.54) is 0 Å². The molecule has 1 saturated heterocycles. The maximum atomic E-state index is 11.1. The van der Waals surface area contributed by atoms with E-state index in [4.69, 9.17) is 9.47 Å². The van der Waals surface area contributed by atoms with Crippen LogP contribution < -0.4 is 0 Å². The molecule has 2 aliphatic rings. The summed E-state index contributed by atoms with van der Waals surface area (Å²) in [6.07, 6.45) is 7.21. The first-order valence-electron chi connectivity index (χ1n) is 7.66. The number of hydrogen-bond acceptors (Lipinski definition) is 3. The molecule has 1 N–H and O–H groups in total. The van der Waals surface area contributed by atoms with Crippen LogP contribution in [0.15, 0.2) is 0 Å². The Hall–Kier alpha value is -0.610. The molecule has 1 saturated carbocycles. The van der Waals surface area contributed by atoms with Gasteiger partial charge in [0.25, 0.3) is 0 Å². The molecule has 0 spiro atoms. The van der Waals surface area contributed by atoms with Crippen LogP contribution in [0, 0.1) is 11.8 Å². The van der Waals surface area contributed by atoms with Crippen molar-refractivity contribution in [2.24, 2.45) is 11.8 Å². The summed E-state index contributed by atoms with van der Waals surface area (Å²) in [5.41, 5.74) is 0. The Bertz CT molecular complexity index is 286. The topological polar surface area (TPSA) is 55.8 Å². The zero-order valence-electron chi connectivity index (χ0n) is 11.8. The molecule has 3 unspecified atom stereocenters. The predicted molar refractivity (Wildman–Crippen MR) is 72.1 cm³/mol. The van der Waals surface area contributed by atoms with Gasteiger partial charge in [-0.05, 0) is 44.4 Å². The Labute approximate surface area is 115 Å². The first-order valence-corrected chi connectivity index (χ1v) is 7.66. The Morgan fingerprint density at radius 1 is 1.37 bits per heavy atom. The third-order valence-corrected chi connectivity index (χ3v) is 4.41. The van der Waals surface area contributed by atoms with E-state index in [1.54, 1.807) is 0 Å². The van der Waals surface area contributed by atoms with Gasteiger partial charge in [-0.25, -0.2) is 0 Å². The van der Waals surface area contributed by atoms with Crippen LogP contribution in [-0.2, 0) is 14.3 Å². The van der Waals surface area contributed by atoms with Crippen molar-refractivity contribution in [3.63, 3.8) is 0 Å². The second-order valence-electron chi connectivity index (χ2n) is 5.91. The average molecular weight is 270 g/mol. The second-order valence-corrected chi connectivity index (χ2v) is 5.91. The fourth-order valence-corrected chi connectivity index (χ4v) is 3.38. The highest BCUT2D eigenvalue weighted by molar-refractivity contribution is 5.70. The van der Waals surface area contributed by atoms with Gasteiger partial charge in [-0.1, -0.05) is 13.3 Å². The lowest BCUT2D eigenvalue weighted by Gasteiger charge is -2.37. The molecule has 0 bridgehead atoms.